The van der Waals surface area contributed by atoms with Gasteiger partial charge in [-0.3, -0.25) is 9.59 Å². The van der Waals surface area contributed by atoms with E-state index in [1.165, 1.54) is 58.0 Å². The third kappa shape index (κ3) is 7.47. The monoisotopic (exact) mass is 714 g/mol. The van der Waals surface area contributed by atoms with Gasteiger partial charge < -0.3 is 21.3 Å². The lowest BCUT2D eigenvalue weighted by atomic mass is 9.77. The summed E-state index contributed by atoms with van der Waals surface area (Å²) in [6, 6.07) is 9.32. The van der Waals surface area contributed by atoms with E-state index in [-0.39, 0.29) is 44.0 Å². The molecule has 3 atom stereocenters. The molecular formula is C35H50N6O6S2. The molecule has 4 aliphatic rings. The van der Waals surface area contributed by atoms with Crippen molar-refractivity contribution in [2.45, 2.75) is 86.0 Å². The number of rotatable bonds is 14. The Balaban J connectivity index is 1.07. The maximum Gasteiger partial charge on any atom is 0.253 e. The van der Waals surface area contributed by atoms with E-state index in [2.05, 4.69) is 30.7 Å². The summed E-state index contributed by atoms with van der Waals surface area (Å²) in [5.74, 6) is 0.439. The highest BCUT2D eigenvalue weighted by Crippen LogP contribution is 2.62. The van der Waals surface area contributed by atoms with Crippen molar-refractivity contribution in [2.75, 3.05) is 44.9 Å². The molecule has 0 radical (unpaired) electrons. The summed E-state index contributed by atoms with van der Waals surface area (Å²) in [6.45, 7) is 0.956. The van der Waals surface area contributed by atoms with Gasteiger partial charge in [-0.25, -0.2) is 26.3 Å². The Kier molecular flexibility index (Phi) is 10.1. The standard InChI is InChI=1S/C35H50N6O6S2/c1-36-32(42)28-17-26(48(44,45)38-3)10-12-30(28)39-22-25-20-34(25)14-6-7-23(19-34)21-40-49(46,47)27-11-13-31(29(18-27)33(43)37-2)41-35(15-16-35)24-8-4-5-9-24/h10-13,17-18,23-25,38-41H,4-9,14-16,19-22H2,1-3H3,(H,36,42)(H,37,43). The van der Waals surface area contributed by atoms with E-state index in [1.807, 2.05) is 0 Å². The van der Waals surface area contributed by atoms with Crippen molar-refractivity contribution in [1.82, 2.24) is 20.1 Å². The maximum absolute atomic E-state index is 13.5. The molecule has 4 fully saturated rings. The summed E-state index contributed by atoms with van der Waals surface area (Å²) in [4.78, 5) is 25.6. The second kappa shape index (κ2) is 13.8. The summed E-state index contributed by atoms with van der Waals surface area (Å²) in [5.41, 5.74) is 1.98. The average molecular weight is 715 g/mol. The summed E-state index contributed by atoms with van der Waals surface area (Å²) < 4.78 is 56.8. The molecule has 268 valence electrons. The number of hydrogen-bond donors (Lipinski definition) is 6. The van der Waals surface area contributed by atoms with E-state index in [9.17, 15) is 26.4 Å². The van der Waals surface area contributed by atoms with Crippen LogP contribution in [-0.4, -0.2) is 68.4 Å². The molecule has 2 aromatic rings. The SMILES string of the molecule is CNC(=O)c1cc(S(=O)(=O)NC)ccc1NCC1CC12CCCC(CNS(=O)(=O)c1ccc(NC3(C4CCCC4)CC3)c(C(=O)NC)c1)C2. The predicted octanol–water partition coefficient (Wildman–Crippen LogP) is 4.04. The summed E-state index contributed by atoms with van der Waals surface area (Å²) in [7, 11) is -3.16. The second-order valence-corrected chi connectivity index (χ2v) is 18.2. The highest BCUT2D eigenvalue weighted by molar-refractivity contribution is 7.89. The quantitative estimate of drug-likeness (QED) is 0.170. The van der Waals surface area contributed by atoms with Crippen LogP contribution >= 0.6 is 0 Å². The molecular weight excluding hydrogens is 665 g/mol. The molecule has 6 rings (SSSR count). The zero-order valence-electron chi connectivity index (χ0n) is 28.7. The van der Waals surface area contributed by atoms with E-state index >= 15 is 0 Å². The fourth-order valence-electron chi connectivity index (χ4n) is 8.44. The Labute approximate surface area is 290 Å². The van der Waals surface area contributed by atoms with Crippen molar-refractivity contribution >= 4 is 43.2 Å². The molecule has 14 heteroatoms. The van der Waals surface area contributed by atoms with Gasteiger partial charge in [-0.1, -0.05) is 19.3 Å². The largest absolute Gasteiger partial charge is 0.384 e. The van der Waals surface area contributed by atoms with Crippen LogP contribution in [0.25, 0.3) is 0 Å². The Morgan fingerprint density at radius 2 is 1.35 bits per heavy atom. The minimum atomic E-state index is -3.85. The van der Waals surface area contributed by atoms with Crippen molar-refractivity contribution in [2.24, 2.45) is 23.2 Å². The zero-order chi connectivity index (χ0) is 35.0. The van der Waals surface area contributed by atoms with Gasteiger partial charge in [-0.15, -0.1) is 0 Å². The van der Waals surface area contributed by atoms with Gasteiger partial charge in [0.15, 0.2) is 0 Å². The Hall–Kier alpha value is -3.20. The first kappa shape index (κ1) is 35.6. The van der Waals surface area contributed by atoms with Crippen LogP contribution < -0.4 is 30.7 Å². The predicted molar refractivity (Wildman–Crippen MR) is 190 cm³/mol. The molecule has 3 unspecified atom stereocenters. The zero-order valence-corrected chi connectivity index (χ0v) is 30.3. The first-order valence-electron chi connectivity index (χ1n) is 17.5. The van der Waals surface area contributed by atoms with E-state index < -0.39 is 20.0 Å². The number of sulfonamides is 2. The molecule has 0 saturated heterocycles. The number of carbonyl (C=O) groups is 2. The second-order valence-electron chi connectivity index (χ2n) is 14.5. The average Bonchev–Trinajstić information content (AvgIpc) is 3.95. The number of benzene rings is 2. The summed E-state index contributed by atoms with van der Waals surface area (Å²) >= 11 is 0. The number of amides is 2. The van der Waals surface area contributed by atoms with Crippen LogP contribution in [0.4, 0.5) is 11.4 Å². The van der Waals surface area contributed by atoms with Crippen LogP contribution in [-0.2, 0) is 20.0 Å². The topological polar surface area (TPSA) is 175 Å². The number of hydrogen-bond acceptors (Lipinski definition) is 8. The van der Waals surface area contributed by atoms with Crippen LogP contribution in [0.5, 0.6) is 0 Å². The molecule has 0 bridgehead atoms. The van der Waals surface area contributed by atoms with E-state index in [0.717, 1.165) is 44.9 Å². The number of anilines is 2. The normalized spacial score (nSPS) is 24.7. The third-order valence-electron chi connectivity index (χ3n) is 11.6. The van der Waals surface area contributed by atoms with E-state index in [1.54, 1.807) is 25.2 Å². The molecule has 0 heterocycles. The highest BCUT2D eigenvalue weighted by Gasteiger charge is 2.55. The smallest absolute Gasteiger partial charge is 0.253 e. The van der Waals surface area contributed by atoms with Crippen LogP contribution in [0, 0.1) is 23.2 Å². The Morgan fingerprint density at radius 1 is 0.735 bits per heavy atom. The van der Waals surface area contributed by atoms with Crippen LogP contribution in [0.3, 0.4) is 0 Å². The Morgan fingerprint density at radius 3 is 1.96 bits per heavy atom. The van der Waals surface area contributed by atoms with Gasteiger partial charge in [0, 0.05) is 44.1 Å². The maximum atomic E-state index is 13.5. The van der Waals surface area contributed by atoms with Gasteiger partial charge in [-0.05, 0) is 118 Å². The molecule has 1 spiro atoms. The molecule has 4 saturated carbocycles. The fraction of sp³-hybridized carbons (Fsp3) is 0.600. The minimum absolute atomic E-state index is 0.0115. The van der Waals surface area contributed by atoms with Gasteiger partial charge in [0.05, 0.1) is 20.9 Å². The molecule has 12 nitrogen and oxygen atoms in total. The van der Waals surface area contributed by atoms with Crippen molar-refractivity contribution in [3.63, 3.8) is 0 Å². The number of nitrogens with one attached hydrogen (secondary N) is 6. The lowest BCUT2D eigenvalue weighted by Gasteiger charge is -2.30. The summed E-state index contributed by atoms with van der Waals surface area (Å²) in [5, 5.41) is 12.3. The molecule has 6 N–H and O–H groups in total. The van der Waals surface area contributed by atoms with Crippen molar-refractivity contribution in [3.8, 4) is 0 Å². The van der Waals surface area contributed by atoms with Gasteiger partial charge in [-0.2, -0.15) is 0 Å². The lowest BCUT2D eigenvalue weighted by molar-refractivity contribution is 0.0955. The molecule has 49 heavy (non-hydrogen) atoms. The third-order valence-corrected chi connectivity index (χ3v) is 14.4. The molecule has 2 amide bonds. The lowest BCUT2D eigenvalue weighted by Crippen LogP contribution is -2.33. The van der Waals surface area contributed by atoms with Gasteiger partial charge in [0.25, 0.3) is 11.8 Å². The van der Waals surface area contributed by atoms with Crippen LogP contribution in [0.2, 0.25) is 0 Å². The fourth-order valence-corrected chi connectivity index (χ4v) is 10.3. The Bertz CT molecular complexity index is 1810. The molecule has 4 aliphatic carbocycles. The summed E-state index contributed by atoms with van der Waals surface area (Å²) in [6.07, 6.45) is 11.9. The van der Waals surface area contributed by atoms with Crippen molar-refractivity contribution in [1.29, 1.82) is 0 Å². The van der Waals surface area contributed by atoms with Gasteiger partial charge in [0.2, 0.25) is 20.0 Å². The van der Waals surface area contributed by atoms with Gasteiger partial charge in [0.1, 0.15) is 0 Å². The molecule has 0 aromatic heterocycles. The minimum Gasteiger partial charge on any atom is -0.384 e. The van der Waals surface area contributed by atoms with Crippen LogP contribution in [0.1, 0.15) is 91.3 Å². The first-order chi connectivity index (χ1) is 23.3. The van der Waals surface area contributed by atoms with E-state index in [4.69, 9.17) is 0 Å². The highest BCUT2D eigenvalue weighted by atomic mass is 32.2. The first-order valence-corrected chi connectivity index (χ1v) is 20.5. The number of carbonyl (C=O) groups excluding carboxylic acids is 2. The van der Waals surface area contributed by atoms with Gasteiger partial charge >= 0.3 is 0 Å². The molecule has 0 aliphatic heterocycles. The van der Waals surface area contributed by atoms with Crippen molar-refractivity contribution < 1.29 is 26.4 Å². The van der Waals surface area contributed by atoms with Crippen molar-refractivity contribution in [3.05, 3.63) is 47.5 Å². The van der Waals surface area contributed by atoms with E-state index in [0.29, 0.717) is 41.9 Å². The van der Waals surface area contributed by atoms with Crippen LogP contribution in [0.15, 0.2) is 46.2 Å². The molecule has 2 aromatic carbocycles.